The fourth-order valence-electron chi connectivity index (χ4n) is 1.41. The number of allylic oxidation sites excluding steroid dienone is 1. The van der Waals surface area contributed by atoms with E-state index in [0.717, 1.165) is 30.4 Å². The molecule has 0 spiro atoms. The highest BCUT2D eigenvalue weighted by Crippen LogP contribution is 2.33. The molecule has 0 saturated heterocycles. The Morgan fingerprint density at radius 2 is 1.93 bits per heavy atom. The van der Waals surface area contributed by atoms with Gasteiger partial charge in [-0.1, -0.05) is 54.7 Å². The zero-order valence-electron chi connectivity index (χ0n) is 8.63. The van der Waals surface area contributed by atoms with Gasteiger partial charge in [0.25, 0.3) is 0 Å². The molecule has 0 amide bonds. The second-order valence-corrected chi connectivity index (χ2v) is 4.31. The van der Waals surface area contributed by atoms with Crippen LogP contribution in [-0.4, -0.2) is 5.11 Å². The van der Waals surface area contributed by atoms with E-state index in [1.54, 1.807) is 12.1 Å². The maximum Gasteiger partial charge on any atom is 0.123 e. The molecule has 0 bridgehead atoms. The summed E-state index contributed by atoms with van der Waals surface area (Å²) in [7, 11) is 0. The Balaban J connectivity index is 3.01. The van der Waals surface area contributed by atoms with Gasteiger partial charge in [-0.3, -0.25) is 0 Å². The summed E-state index contributed by atoms with van der Waals surface area (Å²) in [6.07, 6.45) is 2.86. The summed E-state index contributed by atoms with van der Waals surface area (Å²) in [6, 6.07) is 7.10. The Morgan fingerprint density at radius 3 is 2.47 bits per heavy atom. The molecule has 0 aliphatic carbocycles. The molecule has 0 unspecified atom stereocenters. The van der Waals surface area contributed by atoms with Gasteiger partial charge in [0.05, 0.1) is 0 Å². The Hall–Kier alpha value is -0.660. The third kappa shape index (κ3) is 3.44. The number of aromatic hydroxyl groups is 1. The summed E-state index contributed by atoms with van der Waals surface area (Å²) >= 11 is 11.6. The van der Waals surface area contributed by atoms with E-state index in [0.29, 0.717) is 0 Å². The molecule has 15 heavy (non-hydrogen) atoms. The van der Waals surface area contributed by atoms with Crippen molar-refractivity contribution in [3.05, 3.63) is 34.3 Å². The lowest BCUT2D eigenvalue weighted by Gasteiger charge is -2.09. The lowest BCUT2D eigenvalue weighted by molar-refractivity contribution is 0.473. The monoisotopic (exact) mass is 244 g/mol. The first-order chi connectivity index (χ1) is 7.16. The van der Waals surface area contributed by atoms with Crippen molar-refractivity contribution in [3.8, 4) is 5.75 Å². The molecular formula is C12H14Cl2O. The second-order valence-electron chi connectivity index (χ2n) is 3.36. The van der Waals surface area contributed by atoms with Crippen molar-refractivity contribution >= 4 is 28.8 Å². The van der Waals surface area contributed by atoms with Crippen LogP contribution in [-0.2, 0) is 0 Å². The van der Waals surface area contributed by atoms with Gasteiger partial charge in [0, 0.05) is 5.56 Å². The number of para-hydroxylation sites is 1. The van der Waals surface area contributed by atoms with Gasteiger partial charge >= 0.3 is 0 Å². The van der Waals surface area contributed by atoms with E-state index in [1.807, 2.05) is 12.1 Å². The molecule has 82 valence electrons. The first-order valence-corrected chi connectivity index (χ1v) is 5.75. The summed E-state index contributed by atoms with van der Waals surface area (Å²) in [6.45, 7) is 2.10. The van der Waals surface area contributed by atoms with Crippen LogP contribution in [0.2, 0.25) is 0 Å². The lowest BCUT2D eigenvalue weighted by Crippen LogP contribution is -1.87. The fraction of sp³-hybridized carbons (Fsp3) is 0.333. The predicted molar refractivity (Wildman–Crippen MR) is 66.3 cm³/mol. The van der Waals surface area contributed by atoms with Crippen molar-refractivity contribution in [2.45, 2.75) is 26.2 Å². The van der Waals surface area contributed by atoms with Crippen molar-refractivity contribution in [2.75, 3.05) is 0 Å². The maximum atomic E-state index is 9.68. The third-order valence-corrected chi connectivity index (χ3v) is 2.69. The predicted octanol–water partition coefficient (Wildman–Crippen LogP) is 4.73. The first kappa shape index (κ1) is 12.4. The average molecular weight is 245 g/mol. The largest absolute Gasteiger partial charge is 0.507 e. The molecule has 0 atom stereocenters. The second kappa shape index (κ2) is 6.04. The maximum absolute atomic E-state index is 9.68. The molecule has 0 aliphatic heterocycles. The van der Waals surface area contributed by atoms with Gasteiger partial charge in [0.2, 0.25) is 0 Å². The van der Waals surface area contributed by atoms with Gasteiger partial charge in [-0.2, -0.15) is 0 Å². The SMILES string of the molecule is CCCCC(=C(Cl)Cl)c1ccccc1O. The highest BCUT2D eigenvalue weighted by atomic mass is 35.5. The van der Waals surface area contributed by atoms with E-state index >= 15 is 0 Å². The highest BCUT2D eigenvalue weighted by Gasteiger charge is 2.09. The van der Waals surface area contributed by atoms with Gasteiger partial charge in [-0.25, -0.2) is 0 Å². The average Bonchev–Trinajstić information content (AvgIpc) is 2.20. The summed E-state index contributed by atoms with van der Waals surface area (Å²) in [4.78, 5) is 0. The lowest BCUT2D eigenvalue weighted by atomic mass is 10.0. The van der Waals surface area contributed by atoms with Gasteiger partial charge in [0.15, 0.2) is 0 Å². The van der Waals surface area contributed by atoms with Crippen molar-refractivity contribution in [1.82, 2.24) is 0 Å². The summed E-state index contributed by atoms with van der Waals surface area (Å²) in [5.74, 6) is 0.224. The number of rotatable bonds is 4. The zero-order chi connectivity index (χ0) is 11.3. The molecule has 0 fully saturated rings. The number of phenolic OH excluding ortho intramolecular Hbond substituents is 1. The Bertz CT molecular complexity index is 354. The minimum Gasteiger partial charge on any atom is -0.507 e. The topological polar surface area (TPSA) is 20.2 Å². The number of phenols is 1. The molecule has 0 aliphatic rings. The number of unbranched alkanes of at least 4 members (excludes halogenated alkanes) is 1. The molecule has 0 radical (unpaired) electrons. The standard InChI is InChI=1S/C12H14Cl2O/c1-2-3-6-10(12(13)14)9-7-4-5-8-11(9)15/h4-5,7-8,15H,2-3,6H2,1H3. The molecule has 1 rings (SSSR count). The van der Waals surface area contributed by atoms with Crippen LogP contribution in [0, 0.1) is 0 Å². The summed E-state index contributed by atoms with van der Waals surface area (Å²) in [5, 5.41) is 9.68. The van der Waals surface area contributed by atoms with Crippen molar-refractivity contribution in [2.24, 2.45) is 0 Å². The van der Waals surface area contributed by atoms with E-state index in [1.165, 1.54) is 0 Å². The van der Waals surface area contributed by atoms with E-state index in [2.05, 4.69) is 6.92 Å². The van der Waals surface area contributed by atoms with E-state index in [-0.39, 0.29) is 10.2 Å². The summed E-state index contributed by atoms with van der Waals surface area (Å²) < 4.78 is 0.241. The molecule has 1 nitrogen and oxygen atoms in total. The molecule has 0 aromatic heterocycles. The van der Waals surface area contributed by atoms with Crippen LogP contribution in [0.3, 0.4) is 0 Å². The number of hydrogen-bond donors (Lipinski definition) is 1. The Morgan fingerprint density at radius 1 is 1.27 bits per heavy atom. The quantitative estimate of drug-likeness (QED) is 0.813. The van der Waals surface area contributed by atoms with Gasteiger partial charge in [-0.05, 0) is 24.5 Å². The molecule has 1 aromatic rings. The third-order valence-electron chi connectivity index (χ3n) is 2.24. The Kier molecular flexibility index (Phi) is 5.00. The first-order valence-electron chi connectivity index (χ1n) is 4.99. The molecule has 0 saturated carbocycles. The van der Waals surface area contributed by atoms with Crippen molar-refractivity contribution in [3.63, 3.8) is 0 Å². The van der Waals surface area contributed by atoms with Crippen LogP contribution in [0.5, 0.6) is 5.75 Å². The van der Waals surface area contributed by atoms with E-state index in [4.69, 9.17) is 23.2 Å². The minimum atomic E-state index is 0.224. The van der Waals surface area contributed by atoms with Crippen LogP contribution in [0.1, 0.15) is 31.7 Å². The number of benzene rings is 1. The van der Waals surface area contributed by atoms with Crippen molar-refractivity contribution < 1.29 is 5.11 Å². The van der Waals surface area contributed by atoms with Gasteiger partial charge < -0.3 is 5.11 Å². The van der Waals surface area contributed by atoms with Crippen molar-refractivity contribution in [1.29, 1.82) is 0 Å². The highest BCUT2D eigenvalue weighted by molar-refractivity contribution is 6.58. The smallest absolute Gasteiger partial charge is 0.123 e. The molecular weight excluding hydrogens is 231 g/mol. The van der Waals surface area contributed by atoms with Crippen LogP contribution < -0.4 is 0 Å². The van der Waals surface area contributed by atoms with Crippen LogP contribution in [0.25, 0.3) is 5.57 Å². The molecule has 1 N–H and O–H groups in total. The van der Waals surface area contributed by atoms with Crippen LogP contribution in [0.4, 0.5) is 0 Å². The number of hydrogen-bond acceptors (Lipinski definition) is 1. The van der Waals surface area contributed by atoms with Gasteiger partial charge in [-0.15, -0.1) is 0 Å². The molecule has 0 heterocycles. The van der Waals surface area contributed by atoms with E-state index in [9.17, 15) is 5.11 Å². The molecule has 1 aromatic carbocycles. The molecule has 3 heteroatoms. The fourth-order valence-corrected chi connectivity index (χ4v) is 1.81. The van der Waals surface area contributed by atoms with E-state index < -0.39 is 0 Å². The van der Waals surface area contributed by atoms with Crippen LogP contribution >= 0.6 is 23.2 Å². The summed E-state index contributed by atoms with van der Waals surface area (Å²) in [5.41, 5.74) is 1.55. The zero-order valence-corrected chi connectivity index (χ0v) is 10.1. The Labute approximate surface area is 100 Å². The minimum absolute atomic E-state index is 0.224. The number of halogens is 2. The van der Waals surface area contributed by atoms with Crippen LogP contribution in [0.15, 0.2) is 28.8 Å². The van der Waals surface area contributed by atoms with Gasteiger partial charge in [0.1, 0.15) is 10.2 Å². The normalized spacial score (nSPS) is 10.1.